The Morgan fingerprint density at radius 1 is 1.38 bits per heavy atom. The van der Waals surface area contributed by atoms with Crippen LogP contribution in [0.1, 0.15) is 36.8 Å². The molecule has 21 heavy (non-hydrogen) atoms. The van der Waals surface area contributed by atoms with Gasteiger partial charge in [-0.3, -0.25) is 4.79 Å². The first-order chi connectivity index (χ1) is 10.2. The van der Waals surface area contributed by atoms with Crippen molar-refractivity contribution in [3.8, 4) is 0 Å². The van der Waals surface area contributed by atoms with Crippen LogP contribution in [0, 0.1) is 0 Å². The van der Waals surface area contributed by atoms with E-state index in [1.165, 1.54) is 0 Å². The van der Waals surface area contributed by atoms with Crippen LogP contribution in [-0.2, 0) is 11.3 Å². The summed E-state index contributed by atoms with van der Waals surface area (Å²) in [4.78, 5) is 11.5. The van der Waals surface area contributed by atoms with E-state index in [-0.39, 0.29) is 11.7 Å². The first-order valence-electron chi connectivity index (χ1n) is 7.26. The number of oxime groups is 1. The van der Waals surface area contributed by atoms with Gasteiger partial charge in [0.25, 0.3) is 0 Å². The number of carbonyl (C=O) groups excluding carboxylic acids is 1. The highest BCUT2D eigenvalue weighted by Crippen LogP contribution is 2.18. The molecule has 1 saturated carbocycles. The van der Waals surface area contributed by atoms with Crippen molar-refractivity contribution in [2.75, 3.05) is 6.54 Å². The highest BCUT2D eigenvalue weighted by atomic mass is 16.4. The lowest BCUT2D eigenvalue weighted by molar-refractivity contribution is -0.121. The molecule has 0 aromatic heterocycles. The van der Waals surface area contributed by atoms with E-state index in [1.54, 1.807) is 0 Å². The van der Waals surface area contributed by atoms with Crippen LogP contribution in [-0.4, -0.2) is 29.5 Å². The molecule has 6 heteroatoms. The Bertz CT molecular complexity index is 512. The van der Waals surface area contributed by atoms with Gasteiger partial charge in [0.2, 0.25) is 5.91 Å². The number of nitrogens with two attached hydrogens (primary N) is 1. The molecule has 1 aromatic carbocycles. The average Bonchev–Trinajstić information content (AvgIpc) is 3.30. The minimum Gasteiger partial charge on any atom is -0.409 e. The quantitative estimate of drug-likeness (QED) is 0.188. The van der Waals surface area contributed by atoms with Gasteiger partial charge in [-0.15, -0.1) is 0 Å². The van der Waals surface area contributed by atoms with Crippen molar-refractivity contribution in [2.24, 2.45) is 10.9 Å². The Balaban J connectivity index is 1.69. The standard InChI is InChI=1S/C15H22N4O2/c16-15(19-21)13-5-2-1-4-11(13)10-17-9-3-6-14(20)18-12-7-8-12/h1-2,4-5,12,17,21H,3,6-10H2,(H2,16,19)(H,18,20). The molecule has 0 saturated heterocycles. The molecule has 0 heterocycles. The fourth-order valence-corrected chi connectivity index (χ4v) is 2.10. The fourth-order valence-electron chi connectivity index (χ4n) is 2.10. The third kappa shape index (κ3) is 5.07. The molecular weight excluding hydrogens is 268 g/mol. The maximum atomic E-state index is 11.5. The third-order valence-corrected chi connectivity index (χ3v) is 3.42. The molecule has 0 spiro atoms. The second-order valence-corrected chi connectivity index (χ2v) is 5.26. The van der Waals surface area contributed by atoms with Crippen LogP contribution in [0.4, 0.5) is 0 Å². The molecule has 1 aliphatic carbocycles. The molecule has 2 rings (SSSR count). The summed E-state index contributed by atoms with van der Waals surface area (Å²) in [5.74, 6) is 0.243. The van der Waals surface area contributed by atoms with E-state index in [0.29, 0.717) is 19.0 Å². The molecule has 6 nitrogen and oxygen atoms in total. The number of amides is 1. The second kappa shape index (κ2) is 7.64. The van der Waals surface area contributed by atoms with Gasteiger partial charge in [-0.2, -0.15) is 0 Å². The molecule has 0 bridgehead atoms. The van der Waals surface area contributed by atoms with Crippen LogP contribution in [0.2, 0.25) is 0 Å². The van der Waals surface area contributed by atoms with Crippen LogP contribution < -0.4 is 16.4 Å². The number of hydrogen-bond donors (Lipinski definition) is 4. The fraction of sp³-hybridized carbons (Fsp3) is 0.467. The molecule has 1 amide bonds. The summed E-state index contributed by atoms with van der Waals surface area (Å²) in [5, 5.41) is 18.0. The normalized spacial score (nSPS) is 15.0. The first-order valence-corrected chi connectivity index (χ1v) is 7.26. The maximum Gasteiger partial charge on any atom is 0.220 e. The Morgan fingerprint density at radius 2 is 2.14 bits per heavy atom. The van der Waals surface area contributed by atoms with Crippen LogP contribution in [0.25, 0.3) is 0 Å². The predicted octanol–water partition coefficient (Wildman–Crippen LogP) is 0.929. The number of amidine groups is 1. The number of hydrogen-bond acceptors (Lipinski definition) is 4. The van der Waals surface area contributed by atoms with Gasteiger partial charge in [-0.05, 0) is 31.4 Å². The number of carbonyl (C=O) groups is 1. The molecule has 0 radical (unpaired) electrons. The zero-order valence-corrected chi connectivity index (χ0v) is 12.0. The third-order valence-electron chi connectivity index (χ3n) is 3.42. The van der Waals surface area contributed by atoms with Crippen LogP contribution in [0.3, 0.4) is 0 Å². The summed E-state index contributed by atoms with van der Waals surface area (Å²) in [6, 6.07) is 7.93. The molecule has 5 N–H and O–H groups in total. The molecule has 1 fully saturated rings. The van der Waals surface area contributed by atoms with E-state index >= 15 is 0 Å². The lowest BCUT2D eigenvalue weighted by atomic mass is 10.1. The summed E-state index contributed by atoms with van der Waals surface area (Å²) in [6.45, 7) is 1.37. The Kier molecular flexibility index (Phi) is 5.57. The van der Waals surface area contributed by atoms with E-state index in [4.69, 9.17) is 10.9 Å². The lowest BCUT2D eigenvalue weighted by Gasteiger charge is -2.09. The lowest BCUT2D eigenvalue weighted by Crippen LogP contribution is -2.26. The van der Waals surface area contributed by atoms with Gasteiger partial charge in [0.05, 0.1) is 0 Å². The number of nitrogens with zero attached hydrogens (tertiary/aromatic N) is 1. The Labute approximate surface area is 124 Å². The summed E-state index contributed by atoms with van der Waals surface area (Å²) in [5.41, 5.74) is 7.33. The smallest absolute Gasteiger partial charge is 0.220 e. The van der Waals surface area contributed by atoms with Crippen molar-refractivity contribution < 1.29 is 10.0 Å². The highest BCUT2D eigenvalue weighted by Gasteiger charge is 2.22. The minimum atomic E-state index is 0.108. The van der Waals surface area contributed by atoms with Gasteiger partial charge in [-0.25, -0.2) is 0 Å². The van der Waals surface area contributed by atoms with Crippen molar-refractivity contribution in [1.29, 1.82) is 0 Å². The van der Waals surface area contributed by atoms with Crippen molar-refractivity contribution >= 4 is 11.7 Å². The summed E-state index contributed by atoms with van der Waals surface area (Å²) < 4.78 is 0. The van der Waals surface area contributed by atoms with Gasteiger partial charge < -0.3 is 21.6 Å². The van der Waals surface area contributed by atoms with Gasteiger partial charge in [0.15, 0.2) is 5.84 Å². The maximum absolute atomic E-state index is 11.5. The van der Waals surface area contributed by atoms with E-state index in [0.717, 1.165) is 36.9 Å². The van der Waals surface area contributed by atoms with Crippen molar-refractivity contribution in [2.45, 2.75) is 38.3 Å². The zero-order valence-electron chi connectivity index (χ0n) is 12.0. The Morgan fingerprint density at radius 3 is 2.86 bits per heavy atom. The highest BCUT2D eigenvalue weighted by molar-refractivity contribution is 5.98. The van der Waals surface area contributed by atoms with Crippen LogP contribution in [0.15, 0.2) is 29.4 Å². The van der Waals surface area contributed by atoms with Crippen LogP contribution >= 0.6 is 0 Å². The summed E-state index contributed by atoms with van der Waals surface area (Å²) >= 11 is 0. The topological polar surface area (TPSA) is 99.7 Å². The molecule has 0 atom stereocenters. The SMILES string of the molecule is NC(=NO)c1ccccc1CNCCCC(=O)NC1CC1. The van der Waals surface area contributed by atoms with Gasteiger partial charge in [0.1, 0.15) is 0 Å². The van der Waals surface area contributed by atoms with Crippen molar-refractivity contribution in [3.63, 3.8) is 0 Å². The molecule has 0 aliphatic heterocycles. The van der Waals surface area contributed by atoms with Gasteiger partial charge in [0, 0.05) is 24.6 Å². The second-order valence-electron chi connectivity index (χ2n) is 5.26. The average molecular weight is 290 g/mol. The van der Waals surface area contributed by atoms with Crippen molar-refractivity contribution in [1.82, 2.24) is 10.6 Å². The molecule has 0 unspecified atom stereocenters. The van der Waals surface area contributed by atoms with Crippen LogP contribution in [0.5, 0.6) is 0 Å². The number of nitrogens with one attached hydrogen (secondary N) is 2. The molecule has 1 aliphatic rings. The molecule has 114 valence electrons. The molecule has 1 aromatic rings. The predicted molar refractivity (Wildman–Crippen MR) is 81.1 cm³/mol. The van der Waals surface area contributed by atoms with E-state index in [9.17, 15) is 4.79 Å². The van der Waals surface area contributed by atoms with E-state index in [1.807, 2.05) is 24.3 Å². The largest absolute Gasteiger partial charge is 0.409 e. The monoisotopic (exact) mass is 290 g/mol. The van der Waals surface area contributed by atoms with E-state index < -0.39 is 0 Å². The Hall–Kier alpha value is -2.08. The van der Waals surface area contributed by atoms with Crippen molar-refractivity contribution in [3.05, 3.63) is 35.4 Å². The summed E-state index contributed by atoms with van der Waals surface area (Å²) in [6.07, 6.45) is 3.58. The minimum absolute atomic E-state index is 0.108. The van der Waals surface area contributed by atoms with E-state index in [2.05, 4.69) is 15.8 Å². The first kappa shape index (κ1) is 15.3. The van der Waals surface area contributed by atoms with Gasteiger partial charge in [-0.1, -0.05) is 29.4 Å². The number of rotatable bonds is 8. The number of benzene rings is 1. The zero-order chi connectivity index (χ0) is 15.1. The molecular formula is C15H22N4O2. The summed E-state index contributed by atoms with van der Waals surface area (Å²) in [7, 11) is 0. The van der Waals surface area contributed by atoms with Gasteiger partial charge >= 0.3 is 0 Å².